The maximum absolute atomic E-state index is 13.9. The van der Waals surface area contributed by atoms with Gasteiger partial charge >= 0.3 is 0 Å². The number of sulfonamides is 1. The molecule has 1 unspecified atom stereocenters. The highest BCUT2D eigenvalue weighted by Gasteiger charge is 2.34. The zero-order valence-electron chi connectivity index (χ0n) is 11.0. The second kappa shape index (κ2) is 5.63. The summed E-state index contributed by atoms with van der Waals surface area (Å²) in [6.07, 6.45) is 0.644. The SMILES string of the molecule is COCC1CCN(S(=O)(=O)c2ccc(F)c(N)c2F)C1. The summed E-state index contributed by atoms with van der Waals surface area (Å²) in [5.74, 6) is -2.13. The Labute approximate surface area is 116 Å². The first-order valence-corrected chi connectivity index (χ1v) is 7.54. The number of hydrogen-bond acceptors (Lipinski definition) is 4. The largest absolute Gasteiger partial charge is 0.394 e. The average Bonchev–Trinajstić information content (AvgIpc) is 2.85. The third kappa shape index (κ3) is 2.63. The molecule has 0 spiro atoms. The summed E-state index contributed by atoms with van der Waals surface area (Å²) in [5, 5.41) is 0. The van der Waals surface area contributed by atoms with E-state index in [1.807, 2.05) is 0 Å². The number of anilines is 1. The Morgan fingerprint density at radius 2 is 2.15 bits per heavy atom. The maximum atomic E-state index is 13.9. The van der Waals surface area contributed by atoms with Crippen molar-refractivity contribution in [1.29, 1.82) is 0 Å². The van der Waals surface area contributed by atoms with E-state index < -0.39 is 32.2 Å². The van der Waals surface area contributed by atoms with Crippen LogP contribution in [-0.4, -0.2) is 39.5 Å². The molecule has 0 aromatic heterocycles. The molecule has 112 valence electrons. The zero-order chi connectivity index (χ0) is 14.9. The lowest BCUT2D eigenvalue weighted by molar-refractivity contribution is 0.157. The standard InChI is InChI=1S/C12H16F2N2O3S/c1-19-7-8-4-5-16(6-8)20(17,18)10-3-2-9(13)12(15)11(10)14/h2-3,8H,4-7,15H2,1H3. The molecule has 1 aliphatic rings. The van der Waals surface area contributed by atoms with Gasteiger partial charge in [-0.15, -0.1) is 0 Å². The summed E-state index contributed by atoms with van der Waals surface area (Å²) < 4.78 is 57.8. The van der Waals surface area contributed by atoms with Crippen molar-refractivity contribution in [3.05, 3.63) is 23.8 Å². The molecule has 1 aromatic carbocycles. The smallest absolute Gasteiger partial charge is 0.246 e. The van der Waals surface area contributed by atoms with E-state index in [-0.39, 0.29) is 19.0 Å². The van der Waals surface area contributed by atoms with E-state index in [1.54, 1.807) is 0 Å². The molecule has 5 nitrogen and oxygen atoms in total. The first kappa shape index (κ1) is 15.1. The van der Waals surface area contributed by atoms with Gasteiger partial charge in [-0.3, -0.25) is 0 Å². The molecule has 0 bridgehead atoms. The number of benzene rings is 1. The Balaban J connectivity index is 2.30. The Hall–Kier alpha value is -1.25. The molecule has 1 atom stereocenters. The minimum Gasteiger partial charge on any atom is -0.394 e. The first-order chi connectivity index (χ1) is 9.37. The molecule has 20 heavy (non-hydrogen) atoms. The van der Waals surface area contributed by atoms with E-state index in [1.165, 1.54) is 11.4 Å². The second-order valence-electron chi connectivity index (χ2n) is 4.75. The quantitative estimate of drug-likeness (QED) is 0.849. The summed E-state index contributed by atoms with van der Waals surface area (Å²) in [5.41, 5.74) is 4.42. The molecule has 1 saturated heterocycles. The van der Waals surface area contributed by atoms with Gasteiger partial charge in [0, 0.05) is 20.2 Å². The van der Waals surface area contributed by atoms with Crippen molar-refractivity contribution in [2.45, 2.75) is 11.3 Å². The van der Waals surface area contributed by atoms with Gasteiger partial charge in [0.15, 0.2) is 5.82 Å². The van der Waals surface area contributed by atoms with Crippen LogP contribution in [-0.2, 0) is 14.8 Å². The van der Waals surface area contributed by atoms with Gasteiger partial charge in [-0.05, 0) is 24.5 Å². The van der Waals surface area contributed by atoms with E-state index in [9.17, 15) is 17.2 Å². The third-order valence-electron chi connectivity index (χ3n) is 3.36. The number of ether oxygens (including phenoxy) is 1. The maximum Gasteiger partial charge on any atom is 0.246 e. The van der Waals surface area contributed by atoms with Crippen LogP contribution >= 0.6 is 0 Å². The van der Waals surface area contributed by atoms with E-state index in [4.69, 9.17) is 10.5 Å². The highest BCUT2D eigenvalue weighted by atomic mass is 32.2. The number of halogens is 2. The van der Waals surface area contributed by atoms with Gasteiger partial charge in [-0.2, -0.15) is 4.31 Å². The highest BCUT2D eigenvalue weighted by molar-refractivity contribution is 7.89. The lowest BCUT2D eigenvalue weighted by Gasteiger charge is -2.17. The number of nitrogen functional groups attached to an aromatic ring is 1. The molecule has 1 heterocycles. The van der Waals surface area contributed by atoms with Crippen LogP contribution in [0.5, 0.6) is 0 Å². The van der Waals surface area contributed by atoms with Gasteiger partial charge in [0.25, 0.3) is 0 Å². The average molecular weight is 306 g/mol. The summed E-state index contributed by atoms with van der Waals surface area (Å²) in [4.78, 5) is -0.588. The normalized spacial score (nSPS) is 20.4. The van der Waals surface area contributed by atoms with Crippen molar-refractivity contribution < 1.29 is 21.9 Å². The summed E-state index contributed by atoms with van der Waals surface area (Å²) in [6, 6.07) is 1.76. The Kier molecular flexibility index (Phi) is 4.26. The zero-order valence-corrected chi connectivity index (χ0v) is 11.8. The van der Waals surface area contributed by atoms with Crippen LogP contribution < -0.4 is 5.73 Å². The molecule has 0 saturated carbocycles. The molecule has 2 N–H and O–H groups in total. The minimum absolute atomic E-state index is 0.0793. The lowest BCUT2D eigenvalue weighted by Crippen LogP contribution is -2.30. The number of nitrogens with two attached hydrogens (primary N) is 1. The Morgan fingerprint density at radius 3 is 2.80 bits per heavy atom. The van der Waals surface area contributed by atoms with Gasteiger partial charge in [0.1, 0.15) is 16.4 Å². The van der Waals surface area contributed by atoms with E-state index in [2.05, 4.69) is 0 Å². The minimum atomic E-state index is -4.00. The first-order valence-electron chi connectivity index (χ1n) is 6.10. The van der Waals surface area contributed by atoms with Crippen LogP contribution in [0.2, 0.25) is 0 Å². The lowest BCUT2D eigenvalue weighted by atomic mass is 10.1. The van der Waals surface area contributed by atoms with Crippen molar-refractivity contribution >= 4 is 15.7 Å². The summed E-state index contributed by atoms with van der Waals surface area (Å²) in [7, 11) is -2.46. The molecule has 0 radical (unpaired) electrons. The molecular weight excluding hydrogens is 290 g/mol. The summed E-state index contributed by atoms with van der Waals surface area (Å²) in [6.45, 7) is 0.986. The highest BCUT2D eigenvalue weighted by Crippen LogP contribution is 2.29. The third-order valence-corrected chi connectivity index (χ3v) is 5.24. The van der Waals surface area contributed by atoms with Crippen LogP contribution in [0, 0.1) is 17.6 Å². The van der Waals surface area contributed by atoms with Crippen molar-refractivity contribution in [2.24, 2.45) is 5.92 Å². The molecular formula is C12H16F2N2O3S. The van der Waals surface area contributed by atoms with Gasteiger partial charge < -0.3 is 10.5 Å². The van der Waals surface area contributed by atoms with Crippen LogP contribution in [0.4, 0.5) is 14.5 Å². The van der Waals surface area contributed by atoms with E-state index >= 15 is 0 Å². The number of nitrogens with zero attached hydrogens (tertiary/aromatic N) is 1. The van der Waals surface area contributed by atoms with E-state index in [0.717, 1.165) is 12.1 Å². The fraction of sp³-hybridized carbons (Fsp3) is 0.500. The molecule has 1 aliphatic heterocycles. The molecule has 1 aromatic rings. The van der Waals surface area contributed by atoms with Gasteiger partial charge in [-0.25, -0.2) is 17.2 Å². The number of hydrogen-bond donors (Lipinski definition) is 1. The van der Waals surface area contributed by atoms with Crippen LogP contribution in [0.1, 0.15) is 6.42 Å². The summed E-state index contributed by atoms with van der Waals surface area (Å²) >= 11 is 0. The molecule has 8 heteroatoms. The molecule has 1 fully saturated rings. The fourth-order valence-electron chi connectivity index (χ4n) is 2.27. The van der Waals surface area contributed by atoms with Crippen LogP contribution in [0.25, 0.3) is 0 Å². The van der Waals surface area contributed by atoms with Gasteiger partial charge in [0.05, 0.1) is 6.61 Å². The predicted molar refractivity (Wildman–Crippen MR) is 69.5 cm³/mol. The second-order valence-corrected chi connectivity index (χ2v) is 6.65. The van der Waals surface area contributed by atoms with Crippen LogP contribution in [0.3, 0.4) is 0 Å². The van der Waals surface area contributed by atoms with Crippen molar-refractivity contribution in [3.8, 4) is 0 Å². The predicted octanol–water partition coefficient (Wildman–Crippen LogP) is 1.20. The topological polar surface area (TPSA) is 72.6 Å². The van der Waals surface area contributed by atoms with Crippen molar-refractivity contribution in [1.82, 2.24) is 4.31 Å². The van der Waals surface area contributed by atoms with Gasteiger partial charge in [0.2, 0.25) is 10.0 Å². The molecule has 0 amide bonds. The van der Waals surface area contributed by atoms with Crippen LogP contribution in [0.15, 0.2) is 17.0 Å². The molecule has 0 aliphatic carbocycles. The van der Waals surface area contributed by atoms with Crippen molar-refractivity contribution in [2.75, 3.05) is 32.5 Å². The molecule has 2 rings (SSSR count). The monoisotopic (exact) mass is 306 g/mol. The van der Waals surface area contributed by atoms with Gasteiger partial charge in [-0.1, -0.05) is 0 Å². The number of methoxy groups -OCH3 is 1. The van der Waals surface area contributed by atoms with Crippen molar-refractivity contribution in [3.63, 3.8) is 0 Å². The van der Waals surface area contributed by atoms with E-state index in [0.29, 0.717) is 13.0 Å². The Morgan fingerprint density at radius 1 is 1.45 bits per heavy atom. The number of rotatable bonds is 4. The fourth-order valence-corrected chi connectivity index (χ4v) is 3.88. The Bertz CT molecular complexity index is 607.